The molecule has 0 bridgehead atoms. The summed E-state index contributed by atoms with van der Waals surface area (Å²) in [5.74, 6) is -7.09. The predicted molar refractivity (Wildman–Crippen MR) is 401 cm³/mol. The summed E-state index contributed by atoms with van der Waals surface area (Å²) >= 11 is 0. The molecule has 127 heavy (non-hydrogen) atoms. The first kappa shape index (κ1) is 104. The number of carbonyl (C=O) groups excluding carboxylic acids is 9. The van der Waals surface area contributed by atoms with Gasteiger partial charge in [0, 0.05) is 62.3 Å². The quantitative estimate of drug-likeness (QED) is 0.0284. The van der Waals surface area contributed by atoms with Crippen molar-refractivity contribution in [3.63, 3.8) is 0 Å². The lowest BCUT2D eigenvalue weighted by molar-refractivity contribution is -0.329. The third-order valence-electron chi connectivity index (χ3n) is 22.2. The minimum Gasteiger partial charge on any atom is -0.394 e. The molecule has 0 aliphatic carbocycles. The Morgan fingerprint density at radius 2 is 0.307 bits per heavy atom. The van der Waals surface area contributed by atoms with Crippen molar-refractivity contribution in [2.24, 2.45) is 0 Å². The molecule has 55 nitrogen and oxygen atoms in total. The van der Waals surface area contributed by atoms with Crippen LogP contribution in [-0.2, 0) is 124 Å². The SMILES string of the molecule is CC(=O)N[C@@H]1[C@@H](O)[C@H](O)[C@@H](CO[C@@H]2O[C@H](CO[C@@H]3O[C@H](CO[C@@H]4O[C@H](CO[C@@H]5O[C@H](CO[C@@H]6O[C@H](CO[C@@H]7O[C@H](CO[C@@H]8O[C@H](CO[C@@H]9O[C@H](CO)[C@@H](O)[C@H](O)[C@H]9NC(C)=O)[C@@H](O)[C@H](O)[C@H]8NC(C)=O)[C@@H](O)[C@H](O)[C@H]7NC(C)=O)[C@@H](O)[C@H](O)[C@H]6NC(C)=O)[C@@H](O)[C@H](O)[C@H]5NC(C)=O)[C@@H](O)[C@H](O)[C@H]4NC(C)=O)[C@@H](O)[C@H](O)[C@H]3NC(C)=O)[C@@H](O)[C@H](O)[C@H]2NC(C)=O)O[C@H]1O. The molecule has 45 atom stereocenters. The number of aliphatic hydroxyl groups is 20. The van der Waals surface area contributed by atoms with Crippen LogP contribution in [0.3, 0.4) is 0 Å². The van der Waals surface area contributed by atoms with Crippen molar-refractivity contribution in [1.29, 1.82) is 0 Å². The van der Waals surface area contributed by atoms with Crippen LogP contribution in [0.4, 0.5) is 0 Å². The number of nitrogens with one attached hydrogen (secondary N) is 9. The van der Waals surface area contributed by atoms with Gasteiger partial charge in [0.25, 0.3) is 0 Å². The Morgan fingerprint density at radius 1 is 0.189 bits per heavy atom. The Morgan fingerprint density at radius 3 is 0.449 bits per heavy atom. The molecule has 0 radical (unpaired) electrons. The van der Waals surface area contributed by atoms with Gasteiger partial charge in [0.15, 0.2) is 56.6 Å². The summed E-state index contributed by atoms with van der Waals surface area (Å²) in [5, 5.41) is 246. The summed E-state index contributed by atoms with van der Waals surface area (Å²) in [6, 6.07) is -14.6. The molecule has 9 fully saturated rings. The van der Waals surface area contributed by atoms with Gasteiger partial charge in [-0.25, -0.2) is 0 Å². The fraction of sp³-hybridized carbons (Fsp3) is 0.875. The van der Waals surface area contributed by atoms with E-state index in [-0.39, 0.29) is 0 Å². The van der Waals surface area contributed by atoms with Gasteiger partial charge in [-0.1, -0.05) is 0 Å². The monoisotopic (exact) mass is 1850 g/mol. The maximum Gasteiger partial charge on any atom is 0.217 e. The van der Waals surface area contributed by atoms with Crippen LogP contribution < -0.4 is 47.9 Å². The second-order valence-electron chi connectivity index (χ2n) is 32.1. The number of hydrogen-bond acceptors (Lipinski definition) is 46. The smallest absolute Gasteiger partial charge is 0.217 e. The lowest BCUT2D eigenvalue weighted by atomic mass is 9.95. The highest BCUT2D eigenvalue weighted by atomic mass is 16.8. The van der Waals surface area contributed by atoms with E-state index < -0.39 is 388 Å². The van der Waals surface area contributed by atoms with Crippen molar-refractivity contribution in [2.75, 3.05) is 59.5 Å². The van der Waals surface area contributed by atoms with E-state index in [1.54, 1.807) is 0 Å². The summed E-state index contributed by atoms with van der Waals surface area (Å²) in [7, 11) is 0. The standard InChI is InChI=1S/C72H119N9O46/c1-19(83)73-37-55(101)47(93)29(119-64(37)110)11-111-66-39(75-21(3)85)57(103)49(95)31(121-66)13-113-68-41(77-23(5)87)59(105)51(97)33(123-68)15-115-70-43(79-25(7)89)61(107)53(99)35(125-70)17-117-72-45(81-27(9)91)63(109)54(100)36(127-72)18-118-71-44(80-26(8)90)62(108)52(98)34(126-71)16-116-69-42(78-24(6)88)60(106)50(96)32(124-69)14-114-67-40(76-22(4)86)58(104)48(94)30(122-67)12-112-65-38(74-20(2)84)56(102)46(92)28(10-82)120-65/h28-72,82,92-110H,10-18H2,1-9H3,(H,73,83)(H,74,84)(H,75,85)(H,76,86)(H,77,87)(H,78,88)(H,79,89)(H,80,90)(H,81,91)/t28-,29-,30-,31-,32-,33-,34-,35-,36-,37-,38-,39-,40-,41-,42-,43-,44-,45-,46-,47-,48-,49-,50-,51-,52-,53-,54-,55-,56-,57-,58-,59-,60-,61-,62-,63-,64-,65-,66-,67-,68-,69-,70-,71-,72-/m1/s1. The lowest BCUT2D eigenvalue weighted by Gasteiger charge is -2.47. The van der Waals surface area contributed by atoms with Gasteiger partial charge >= 0.3 is 0 Å². The number of rotatable bonds is 34. The maximum absolute atomic E-state index is 12.7. The van der Waals surface area contributed by atoms with Crippen molar-refractivity contribution in [3.8, 4) is 0 Å². The van der Waals surface area contributed by atoms with Crippen molar-refractivity contribution in [3.05, 3.63) is 0 Å². The molecule has 9 aliphatic rings. The van der Waals surface area contributed by atoms with Crippen molar-refractivity contribution < 1.29 is 226 Å². The van der Waals surface area contributed by atoms with E-state index in [1.165, 1.54) is 0 Å². The molecule has 9 rings (SSSR count). The number of amides is 9. The third-order valence-corrected chi connectivity index (χ3v) is 22.2. The van der Waals surface area contributed by atoms with Crippen LogP contribution in [0.2, 0.25) is 0 Å². The van der Waals surface area contributed by atoms with E-state index in [0.29, 0.717) is 0 Å². The highest BCUT2D eigenvalue weighted by Gasteiger charge is 2.58. The van der Waals surface area contributed by atoms with Gasteiger partial charge in [-0.05, 0) is 0 Å². The largest absolute Gasteiger partial charge is 0.394 e. The molecule has 9 heterocycles. The van der Waals surface area contributed by atoms with Crippen molar-refractivity contribution in [1.82, 2.24) is 47.9 Å². The van der Waals surface area contributed by atoms with Crippen LogP contribution in [0.1, 0.15) is 62.3 Å². The molecule has 29 N–H and O–H groups in total. The fourth-order valence-corrected chi connectivity index (χ4v) is 15.8. The van der Waals surface area contributed by atoms with E-state index in [9.17, 15) is 145 Å². The molecule has 0 aromatic carbocycles. The topological polar surface area (TPSA) is 823 Å². The van der Waals surface area contributed by atoms with Gasteiger partial charge < -0.3 is 231 Å². The van der Waals surface area contributed by atoms with Gasteiger partial charge in [-0.2, -0.15) is 0 Å². The highest BCUT2D eigenvalue weighted by molar-refractivity contribution is 5.76. The second kappa shape index (κ2) is 46.4. The van der Waals surface area contributed by atoms with Crippen molar-refractivity contribution >= 4 is 53.2 Å². The summed E-state index contributed by atoms with van der Waals surface area (Å²) in [6.45, 7) is 1.66. The molecule has 55 heteroatoms. The third kappa shape index (κ3) is 26.2. The predicted octanol–water partition coefficient (Wildman–Crippen LogP) is -19.3. The zero-order valence-corrected chi connectivity index (χ0v) is 69.9. The summed E-state index contributed by atoms with van der Waals surface area (Å²) in [6.07, 6.45) is -66.9. The summed E-state index contributed by atoms with van der Waals surface area (Å²) < 4.78 is 101. The first-order chi connectivity index (χ1) is 59.7. The zero-order valence-electron chi connectivity index (χ0n) is 69.9. The van der Waals surface area contributed by atoms with Crippen molar-refractivity contribution in [2.45, 2.75) is 338 Å². The van der Waals surface area contributed by atoms with E-state index in [4.69, 9.17) is 80.5 Å². The molecule has 0 spiro atoms. The number of aliphatic hydroxyl groups excluding tert-OH is 20. The van der Waals surface area contributed by atoms with E-state index in [0.717, 1.165) is 62.3 Å². The molecule has 728 valence electrons. The van der Waals surface area contributed by atoms with Gasteiger partial charge in [0.2, 0.25) is 53.2 Å². The molecular formula is C72H119N9O46. The Balaban J connectivity index is 0.856. The van der Waals surface area contributed by atoms with Crippen LogP contribution >= 0.6 is 0 Å². The van der Waals surface area contributed by atoms with Crippen LogP contribution in [0.15, 0.2) is 0 Å². The Hall–Kier alpha value is -6.25. The molecule has 0 unspecified atom stereocenters. The Labute approximate surface area is 722 Å². The first-order valence-electron chi connectivity index (χ1n) is 40.5. The minimum atomic E-state index is -2.06. The van der Waals surface area contributed by atoms with E-state index >= 15 is 0 Å². The molecule has 9 amide bonds. The first-order valence-corrected chi connectivity index (χ1v) is 40.5. The maximum atomic E-state index is 12.7. The highest BCUT2D eigenvalue weighted by Crippen LogP contribution is 2.36. The van der Waals surface area contributed by atoms with Gasteiger partial charge in [0.1, 0.15) is 219 Å². The minimum absolute atomic E-state index is 0.689. The number of hydrogen-bond donors (Lipinski definition) is 29. The Kier molecular flexibility index (Phi) is 38.2. The van der Waals surface area contributed by atoms with Gasteiger partial charge in [0.05, 0.1) is 59.5 Å². The molecule has 0 aromatic heterocycles. The van der Waals surface area contributed by atoms with Gasteiger partial charge in [-0.3, -0.25) is 43.2 Å². The van der Waals surface area contributed by atoms with Gasteiger partial charge in [-0.15, -0.1) is 0 Å². The van der Waals surface area contributed by atoms with E-state index in [1.807, 2.05) is 0 Å². The average Bonchev–Trinajstić information content (AvgIpc) is 0.791. The second-order valence-corrected chi connectivity index (χ2v) is 32.1. The normalized spacial score (nSPS) is 44.2. The van der Waals surface area contributed by atoms with Crippen LogP contribution in [0.25, 0.3) is 0 Å². The molecule has 9 aliphatic heterocycles. The molecule has 9 saturated heterocycles. The average molecular weight is 1850 g/mol. The Bertz CT molecular complexity index is 3600. The molecule has 0 aromatic rings. The van der Waals surface area contributed by atoms with Crippen LogP contribution in [0.5, 0.6) is 0 Å². The van der Waals surface area contributed by atoms with E-state index in [2.05, 4.69) is 47.9 Å². The molecular weight excluding hydrogens is 1730 g/mol. The zero-order chi connectivity index (χ0) is 93.9. The summed E-state index contributed by atoms with van der Waals surface area (Å²) in [5.41, 5.74) is 0. The number of ether oxygens (including phenoxy) is 17. The number of carbonyl (C=O) groups is 9. The lowest BCUT2D eigenvalue weighted by Crippen LogP contribution is -2.68. The fourth-order valence-electron chi connectivity index (χ4n) is 15.8. The van der Waals surface area contributed by atoms with Crippen LogP contribution in [0, 0.1) is 0 Å². The summed E-state index contributed by atoms with van der Waals surface area (Å²) in [4.78, 5) is 112. The molecule has 0 saturated carbocycles. The van der Waals surface area contributed by atoms with Crippen LogP contribution in [-0.4, -0.2) is 491 Å².